The van der Waals surface area contributed by atoms with Crippen LogP contribution in [0.5, 0.6) is 0 Å². The van der Waals surface area contributed by atoms with Gasteiger partial charge in [-0.2, -0.15) is 4.31 Å². The third kappa shape index (κ3) is 4.72. The van der Waals surface area contributed by atoms with Crippen molar-refractivity contribution in [2.75, 3.05) is 26.2 Å². The van der Waals surface area contributed by atoms with Crippen LogP contribution in [0.1, 0.15) is 63.9 Å². The van der Waals surface area contributed by atoms with Crippen molar-refractivity contribution in [2.45, 2.75) is 63.2 Å². The molecule has 1 aliphatic carbocycles. The Kier molecular flexibility index (Phi) is 6.58. The van der Waals surface area contributed by atoms with Gasteiger partial charge < -0.3 is 4.90 Å². The Morgan fingerprint density at radius 2 is 1.67 bits per heavy atom. The maximum Gasteiger partial charge on any atom is 0.243 e. The molecule has 2 aliphatic rings. The Morgan fingerprint density at radius 1 is 1.07 bits per heavy atom. The predicted molar refractivity (Wildman–Crippen MR) is 107 cm³/mol. The summed E-state index contributed by atoms with van der Waals surface area (Å²) >= 11 is 0. The van der Waals surface area contributed by atoms with Crippen LogP contribution in [-0.4, -0.2) is 49.7 Å². The van der Waals surface area contributed by atoms with Gasteiger partial charge in [0.05, 0.1) is 4.90 Å². The van der Waals surface area contributed by atoms with Crippen molar-refractivity contribution in [1.82, 2.24) is 9.21 Å². The summed E-state index contributed by atoms with van der Waals surface area (Å²) < 4.78 is 27.3. The van der Waals surface area contributed by atoms with Gasteiger partial charge in [-0.25, -0.2) is 8.42 Å². The van der Waals surface area contributed by atoms with Gasteiger partial charge in [0.25, 0.3) is 0 Å². The van der Waals surface area contributed by atoms with Crippen LogP contribution in [0.3, 0.4) is 0 Å². The molecule has 1 unspecified atom stereocenters. The third-order valence-corrected chi connectivity index (χ3v) is 8.14. The van der Waals surface area contributed by atoms with Crippen molar-refractivity contribution >= 4 is 15.9 Å². The van der Waals surface area contributed by atoms with Crippen molar-refractivity contribution in [1.29, 1.82) is 0 Å². The molecule has 27 heavy (non-hydrogen) atoms. The average Bonchev–Trinajstić information content (AvgIpc) is 3.20. The van der Waals surface area contributed by atoms with Crippen molar-refractivity contribution < 1.29 is 13.2 Å². The number of hydrogen-bond acceptors (Lipinski definition) is 3. The lowest BCUT2D eigenvalue weighted by Crippen LogP contribution is -2.50. The molecule has 0 radical (unpaired) electrons. The summed E-state index contributed by atoms with van der Waals surface area (Å²) in [4.78, 5) is 14.7. The lowest BCUT2D eigenvalue weighted by molar-refractivity contribution is -0.133. The van der Waals surface area contributed by atoms with Gasteiger partial charge in [0, 0.05) is 32.6 Å². The number of carbonyl (C=O) groups is 1. The SMILES string of the molecule is CCC(C)c1ccc(S(=O)(=O)N2CCN(C(=O)CC3CCCC3)CC2)cc1. The highest BCUT2D eigenvalue weighted by Gasteiger charge is 2.31. The topological polar surface area (TPSA) is 57.7 Å². The van der Waals surface area contributed by atoms with Crippen molar-refractivity contribution in [2.24, 2.45) is 5.92 Å². The van der Waals surface area contributed by atoms with Crippen molar-refractivity contribution in [3.63, 3.8) is 0 Å². The minimum absolute atomic E-state index is 0.192. The molecule has 0 bridgehead atoms. The molecule has 3 rings (SSSR count). The fraction of sp³-hybridized carbons (Fsp3) is 0.667. The molecule has 1 amide bonds. The van der Waals surface area contributed by atoms with Crippen LogP contribution < -0.4 is 0 Å². The maximum absolute atomic E-state index is 12.9. The van der Waals surface area contributed by atoms with Crippen LogP contribution in [0.4, 0.5) is 0 Å². The van der Waals surface area contributed by atoms with Crippen LogP contribution in [-0.2, 0) is 14.8 Å². The van der Waals surface area contributed by atoms with Gasteiger partial charge >= 0.3 is 0 Å². The first-order valence-corrected chi connectivity index (χ1v) is 11.7. The van der Waals surface area contributed by atoms with Gasteiger partial charge in [-0.15, -0.1) is 0 Å². The van der Waals surface area contributed by atoms with Crippen LogP contribution in [0.2, 0.25) is 0 Å². The fourth-order valence-corrected chi connectivity index (χ4v) is 5.54. The summed E-state index contributed by atoms with van der Waals surface area (Å²) in [6, 6.07) is 7.27. The summed E-state index contributed by atoms with van der Waals surface area (Å²) in [5, 5.41) is 0. The minimum atomic E-state index is -3.49. The van der Waals surface area contributed by atoms with E-state index in [4.69, 9.17) is 0 Å². The molecule has 0 aromatic heterocycles. The molecular weight excluding hydrogens is 360 g/mol. The normalized spacial score (nSPS) is 20.7. The van der Waals surface area contributed by atoms with Crippen molar-refractivity contribution in [3.05, 3.63) is 29.8 Å². The Labute approximate surface area is 163 Å². The molecule has 1 saturated carbocycles. The molecule has 1 aliphatic heterocycles. The maximum atomic E-state index is 12.9. The molecule has 1 aromatic rings. The predicted octanol–water partition coefficient (Wildman–Crippen LogP) is 3.61. The highest BCUT2D eigenvalue weighted by Crippen LogP contribution is 2.28. The third-order valence-electron chi connectivity index (χ3n) is 6.23. The van der Waals surface area contributed by atoms with Crippen LogP contribution >= 0.6 is 0 Å². The second-order valence-corrected chi connectivity index (χ2v) is 9.96. The molecule has 1 heterocycles. The first kappa shape index (κ1) is 20.3. The van der Waals surface area contributed by atoms with Gasteiger partial charge in [0.2, 0.25) is 15.9 Å². The van der Waals surface area contributed by atoms with E-state index in [0.29, 0.717) is 49.3 Å². The first-order chi connectivity index (χ1) is 12.9. The zero-order chi connectivity index (χ0) is 19.4. The summed E-state index contributed by atoms with van der Waals surface area (Å²) in [5.41, 5.74) is 1.17. The minimum Gasteiger partial charge on any atom is -0.340 e. The van der Waals surface area contributed by atoms with Crippen LogP contribution in [0.25, 0.3) is 0 Å². The molecule has 2 fully saturated rings. The van der Waals surface area contributed by atoms with E-state index in [2.05, 4.69) is 13.8 Å². The molecule has 6 heteroatoms. The van der Waals surface area contributed by atoms with Gasteiger partial charge in [0.15, 0.2) is 0 Å². The second kappa shape index (κ2) is 8.74. The highest BCUT2D eigenvalue weighted by molar-refractivity contribution is 7.89. The molecule has 1 aromatic carbocycles. The van der Waals surface area contributed by atoms with E-state index in [9.17, 15) is 13.2 Å². The van der Waals surface area contributed by atoms with Gasteiger partial charge in [-0.05, 0) is 48.8 Å². The van der Waals surface area contributed by atoms with Crippen molar-refractivity contribution in [3.8, 4) is 0 Å². The van der Waals surface area contributed by atoms with Gasteiger partial charge in [-0.1, -0.05) is 38.8 Å². The monoisotopic (exact) mass is 392 g/mol. The number of nitrogens with zero attached hydrogens (tertiary/aromatic N) is 2. The number of sulfonamides is 1. The fourth-order valence-electron chi connectivity index (χ4n) is 4.12. The molecule has 0 N–H and O–H groups in total. The quantitative estimate of drug-likeness (QED) is 0.743. The van der Waals surface area contributed by atoms with E-state index in [1.807, 2.05) is 17.0 Å². The van der Waals surface area contributed by atoms with E-state index in [0.717, 1.165) is 19.3 Å². The second-order valence-electron chi connectivity index (χ2n) is 8.02. The Morgan fingerprint density at radius 3 is 2.22 bits per heavy atom. The first-order valence-electron chi connectivity index (χ1n) is 10.3. The number of benzene rings is 1. The molecule has 5 nitrogen and oxygen atoms in total. The molecule has 0 spiro atoms. The number of piperazine rings is 1. The zero-order valence-corrected chi connectivity index (χ0v) is 17.4. The van der Waals surface area contributed by atoms with Crippen LogP contribution in [0, 0.1) is 5.92 Å². The lowest BCUT2D eigenvalue weighted by atomic mass is 9.99. The van der Waals surface area contributed by atoms with E-state index in [1.54, 1.807) is 12.1 Å². The van der Waals surface area contributed by atoms with Gasteiger partial charge in [0.1, 0.15) is 0 Å². The summed E-state index contributed by atoms with van der Waals surface area (Å²) in [5.74, 6) is 1.15. The molecular formula is C21H32N2O3S. The smallest absolute Gasteiger partial charge is 0.243 e. The number of rotatable bonds is 6. The van der Waals surface area contributed by atoms with E-state index in [-0.39, 0.29) is 5.91 Å². The summed E-state index contributed by atoms with van der Waals surface area (Å²) in [7, 11) is -3.49. The Hall–Kier alpha value is -1.40. The molecule has 1 saturated heterocycles. The highest BCUT2D eigenvalue weighted by atomic mass is 32.2. The molecule has 150 valence electrons. The number of carbonyl (C=O) groups excluding carboxylic acids is 1. The van der Waals surface area contributed by atoms with Gasteiger partial charge in [-0.3, -0.25) is 4.79 Å². The van der Waals surface area contributed by atoms with E-state index >= 15 is 0 Å². The average molecular weight is 393 g/mol. The Balaban J connectivity index is 1.58. The largest absolute Gasteiger partial charge is 0.340 e. The standard InChI is InChI=1S/C21H32N2O3S/c1-3-17(2)19-8-10-20(11-9-19)27(25,26)23-14-12-22(13-15-23)21(24)16-18-6-4-5-7-18/h8-11,17-18H,3-7,12-16H2,1-2H3. The van der Waals surface area contributed by atoms with E-state index < -0.39 is 10.0 Å². The summed E-state index contributed by atoms with van der Waals surface area (Å²) in [6.45, 7) is 6.03. The Bertz CT molecular complexity index is 731. The van der Waals surface area contributed by atoms with Crippen LogP contribution in [0.15, 0.2) is 29.2 Å². The summed E-state index contributed by atoms with van der Waals surface area (Å²) in [6.07, 6.45) is 6.45. The number of amides is 1. The zero-order valence-electron chi connectivity index (χ0n) is 16.6. The lowest BCUT2D eigenvalue weighted by Gasteiger charge is -2.34. The van der Waals surface area contributed by atoms with E-state index in [1.165, 1.54) is 22.7 Å². The number of hydrogen-bond donors (Lipinski definition) is 0. The molecule has 1 atom stereocenters.